The normalized spacial score (nSPS) is 10.8. The van der Waals surface area contributed by atoms with Crippen molar-refractivity contribution < 1.29 is 24.6 Å². The van der Waals surface area contributed by atoms with Crippen molar-refractivity contribution in [1.82, 2.24) is 4.90 Å². The highest BCUT2D eigenvalue weighted by molar-refractivity contribution is 5.83. The molecule has 0 saturated carbocycles. The lowest BCUT2D eigenvalue weighted by Crippen LogP contribution is -2.36. The van der Waals surface area contributed by atoms with Gasteiger partial charge in [-0.25, -0.2) is 0 Å². The molecular formula is C23H43NO5. The number of aliphatic carboxylic acids is 2. The van der Waals surface area contributed by atoms with Crippen LogP contribution < -0.4 is 0 Å². The molecule has 0 aliphatic carbocycles. The summed E-state index contributed by atoms with van der Waals surface area (Å²) in [5, 5.41) is 17.6. The van der Waals surface area contributed by atoms with Crippen LogP contribution in [0.15, 0.2) is 0 Å². The van der Waals surface area contributed by atoms with Crippen LogP contribution in [0.25, 0.3) is 0 Å². The van der Waals surface area contributed by atoms with Crippen molar-refractivity contribution in [3.05, 3.63) is 0 Å². The number of hydrogen-bond donors (Lipinski definition) is 2. The maximum Gasteiger partial charge on any atom is 0.323 e. The van der Waals surface area contributed by atoms with Gasteiger partial charge in [0.05, 0.1) is 6.42 Å². The minimum Gasteiger partial charge on any atom is -0.481 e. The Labute approximate surface area is 177 Å². The van der Waals surface area contributed by atoms with Crippen molar-refractivity contribution >= 4 is 17.8 Å². The van der Waals surface area contributed by atoms with Gasteiger partial charge in [-0.3, -0.25) is 14.4 Å². The second-order valence-corrected chi connectivity index (χ2v) is 8.05. The number of carbonyl (C=O) groups is 3. The van der Waals surface area contributed by atoms with Crippen LogP contribution in [0, 0.1) is 0 Å². The third kappa shape index (κ3) is 19.5. The van der Waals surface area contributed by atoms with E-state index in [1.165, 1.54) is 81.9 Å². The van der Waals surface area contributed by atoms with E-state index in [-0.39, 0.29) is 25.3 Å². The summed E-state index contributed by atoms with van der Waals surface area (Å²) in [4.78, 5) is 34.7. The van der Waals surface area contributed by atoms with E-state index in [0.29, 0.717) is 6.54 Å². The minimum absolute atomic E-state index is 0.138. The first-order chi connectivity index (χ1) is 14.0. The topological polar surface area (TPSA) is 94.9 Å². The Morgan fingerprint density at radius 3 is 1.38 bits per heavy atom. The first-order valence-electron chi connectivity index (χ1n) is 11.7. The number of carboxylic acids is 2. The Hall–Kier alpha value is -1.59. The van der Waals surface area contributed by atoms with Crippen molar-refractivity contribution in [2.24, 2.45) is 0 Å². The number of carbonyl (C=O) groups excluding carboxylic acids is 1. The fourth-order valence-electron chi connectivity index (χ4n) is 3.50. The van der Waals surface area contributed by atoms with E-state index in [4.69, 9.17) is 10.2 Å². The van der Waals surface area contributed by atoms with E-state index in [9.17, 15) is 14.4 Å². The van der Waals surface area contributed by atoms with Gasteiger partial charge in [-0.2, -0.15) is 0 Å². The molecule has 0 aliphatic heterocycles. The third-order valence-corrected chi connectivity index (χ3v) is 5.26. The predicted molar refractivity (Wildman–Crippen MR) is 116 cm³/mol. The lowest BCUT2D eigenvalue weighted by atomic mass is 10.0. The van der Waals surface area contributed by atoms with Gasteiger partial charge in [-0.1, -0.05) is 96.8 Å². The maximum atomic E-state index is 12.0. The molecule has 1 amide bonds. The summed E-state index contributed by atoms with van der Waals surface area (Å²) >= 11 is 0. The van der Waals surface area contributed by atoms with Crippen LogP contribution in [0.2, 0.25) is 0 Å². The molecule has 0 aromatic rings. The van der Waals surface area contributed by atoms with Crippen molar-refractivity contribution in [3.63, 3.8) is 0 Å². The second kappa shape index (κ2) is 19.7. The molecule has 2 N–H and O–H groups in total. The predicted octanol–water partition coefficient (Wildman–Crippen LogP) is 5.64. The Morgan fingerprint density at radius 2 is 1.00 bits per heavy atom. The monoisotopic (exact) mass is 413 g/mol. The van der Waals surface area contributed by atoms with E-state index in [1.54, 1.807) is 0 Å². The highest BCUT2D eigenvalue weighted by atomic mass is 16.4. The Balaban J connectivity index is 3.58. The molecule has 0 spiro atoms. The number of rotatable bonds is 21. The lowest BCUT2D eigenvalue weighted by molar-refractivity contribution is -0.145. The van der Waals surface area contributed by atoms with Gasteiger partial charge >= 0.3 is 11.9 Å². The summed E-state index contributed by atoms with van der Waals surface area (Å²) < 4.78 is 0. The fourth-order valence-corrected chi connectivity index (χ4v) is 3.50. The summed E-state index contributed by atoms with van der Waals surface area (Å²) in [6.45, 7) is 2.29. The van der Waals surface area contributed by atoms with Gasteiger partial charge in [0.2, 0.25) is 5.91 Å². The van der Waals surface area contributed by atoms with Gasteiger partial charge in [0.25, 0.3) is 0 Å². The second-order valence-electron chi connectivity index (χ2n) is 8.05. The molecule has 0 aliphatic rings. The quantitative estimate of drug-likeness (QED) is 0.238. The molecule has 0 rings (SSSR count). The molecule has 0 unspecified atom stereocenters. The van der Waals surface area contributed by atoms with Gasteiger partial charge in [-0.15, -0.1) is 0 Å². The summed E-state index contributed by atoms with van der Waals surface area (Å²) in [6, 6.07) is 0. The molecule has 0 fully saturated rings. The maximum absolute atomic E-state index is 12.0. The van der Waals surface area contributed by atoms with E-state index in [0.717, 1.165) is 19.3 Å². The van der Waals surface area contributed by atoms with Gasteiger partial charge in [0, 0.05) is 13.0 Å². The van der Waals surface area contributed by atoms with Gasteiger partial charge in [0.15, 0.2) is 0 Å². The first-order valence-corrected chi connectivity index (χ1v) is 11.7. The van der Waals surface area contributed by atoms with Crippen molar-refractivity contribution in [2.45, 2.75) is 116 Å². The van der Waals surface area contributed by atoms with Crippen LogP contribution in [0.1, 0.15) is 116 Å². The Morgan fingerprint density at radius 1 is 0.586 bits per heavy atom. The lowest BCUT2D eigenvalue weighted by Gasteiger charge is -2.20. The zero-order valence-electron chi connectivity index (χ0n) is 18.5. The summed E-state index contributed by atoms with van der Waals surface area (Å²) in [7, 11) is 0. The third-order valence-electron chi connectivity index (χ3n) is 5.26. The molecule has 0 aromatic carbocycles. The number of amides is 1. The van der Waals surface area contributed by atoms with E-state index in [2.05, 4.69) is 6.92 Å². The van der Waals surface area contributed by atoms with Crippen molar-refractivity contribution in [2.75, 3.05) is 13.1 Å². The van der Waals surface area contributed by atoms with Crippen LogP contribution in [0.4, 0.5) is 0 Å². The Bertz CT molecular complexity index is 439. The van der Waals surface area contributed by atoms with Crippen LogP contribution in [-0.2, 0) is 14.4 Å². The molecule has 0 radical (unpaired) electrons. The van der Waals surface area contributed by atoms with Crippen LogP contribution in [0.3, 0.4) is 0 Å². The highest BCUT2D eigenvalue weighted by Crippen LogP contribution is 2.13. The molecule has 6 nitrogen and oxygen atoms in total. The smallest absolute Gasteiger partial charge is 0.323 e. The molecule has 0 bridgehead atoms. The molecule has 29 heavy (non-hydrogen) atoms. The minimum atomic E-state index is -1.06. The highest BCUT2D eigenvalue weighted by Gasteiger charge is 2.17. The molecular weight excluding hydrogens is 370 g/mol. The van der Waals surface area contributed by atoms with Crippen molar-refractivity contribution in [3.8, 4) is 0 Å². The zero-order valence-corrected chi connectivity index (χ0v) is 18.5. The summed E-state index contributed by atoms with van der Waals surface area (Å²) in [5.41, 5.74) is 0. The molecule has 170 valence electrons. The van der Waals surface area contributed by atoms with Gasteiger partial charge < -0.3 is 15.1 Å². The Kier molecular flexibility index (Phi) is 18.6. The standard InChI is InChI=1S/C23H43NO5/c1-2-3-4-5-6-7-8-9-10-11-12-13-14-15-16-19-24(20-23(28)29)21(25)17-18-22(26)27/h2-20H2,1H3,(H,26,27)(H,28,29). The number of nitrogens with zero attached hydrogens (tertiary/aromatic N) is 1. The van der Waals surface area contributed by atoms with Crippen molar-refractivity contribution in [1.29, 1.82) is 0 Å². The first kappa shape index (κ1) is 27.4. The van der Waals surface area contributed by atoms with Crippen LogP contribution >= 0.6 is 0 Å². The molecule has 0 saturated heterocycles. The van der Waals surface area contributed by atoms with E-state index >= 15 is 0 Å². The fraction of sp³-hybridized carbons (Fsp3) is 0.870. The average molecular weight is 414 g/mol. The molecule has 0 atom stereocenters. The van der Waals surface area contributed by atoms with Crippen LogP contribution in [0.5, 0.6) is 0 Å². The number of hydrogen-bond acceptors (Lipinski definition) is 3. The zero-order chi connectivity index (χ0) is 21.7. The SMILES string of the molecule is CCCCCCCCCCCCCCCCCN(CC(=O)O)C(=O)CCC(=O)O. The molecule has 0 aromatic heterocycles. The molecule has 0 heterocycles. The molecule has 6 heteroatoms. The number of carboxylic acid groups (broad SMARTS) is 2. The van der Waals surface area contributed by atoms with E-state index < -0.39 is 11.9 Å². The largest absolute Gasteiger partial charge is 0.481 e. The number of unbranched alkanes of at least 4 members (excludes halogenated alkanes) is 14. The van der Waals surface area contributed by atoms with Gasteiger partial charge in [0.1, 0.15) is 6.54 Å². The van der Waals surface area contributed by atoms with E-state index in [1.807, 2.05) is 0 Å². The summed E-state index contributed by atoms with van der Waals surface area (Å²) in [5.74, 6) is -2.49. The summed E-state index contributed by atoms with van der Waals surface area (Å²) in [6.07, 6.45) is 18.4. The van der Waals surface area contributed by atoms with Crippen LogP contribution in [-0.4, -0.2) is 46.0 Å². The average Bonchev–Trinajstić information content (AvgIpc) is 2.67. The van der Waals surface area contributed by atoms with Gasteiger partial charge in [-0.05, 0) is 6.42 Å².